The van der Waals surface area contributed by atoms with Crippen LogP contribution in [0, 0.1) is 27.7 Å². The fourth-order valence-electron chi connectivity index (χ4n) is 5.94. The molecule has 0 unspecified atom stereocenters. The van der Waals surface area contributed by atoms with Crippen molar-refractivity contribution in [3.8, 4) is 28.0 Å². The lowest BCUT2D eigenvalue weighted by atomic mass is 9.91. The van der Waals surface area contributed by atoms with Gasteiger partial charge in [0.2, 0.25) is 0 Å². The van der Waals surface area contributed by atoms with Gasteiger partial charge in [-0.15, -0.1) is 13.2 Å². The summed E-state index contributed by atoms with van der Waals surface area (Å²) in [5.74, 6) is -0.230. The van der Waals surface area contributed by atoms with Crippen LogP contribution in [0.5, 0.6) is 5.75 Å². The van der Waals surface area contributed by atoms with Gasteiger partial charge in [-0.3, -0.25) is 0 Å². The van der Waals surface area contributed by atoms with Gasteiger partial charge < -0.3 is 4.74 Å². The first-order valence-electron chi connectivity index (χ1n) is 15.0. The van der Waals surface area contributed by atoms with Gasteiger partial charge in [-0.2, -0.15) is 13.2 Å². The summed E-state index contributed by atoms with van der Waals surface area (Å²) in [6.07, 6.45) is -1.50. The fourth-order valence-corrected chi connectivity index (χ4v) is 5.94. The summed E-state index contributed by atoms with van der Waals surface area (Å²) in [4.78, 5) is 0. The summed E-state index contributed by atoms with van der Waals surface area (Å²) < 4.78 is 80.1. The first-order chi connectivity index (χ1) is 20.7. The third kappa shape index (κ3) is 8.90. The number of hydrogen-bond acceptors (Lipinski definition) is 1. The van der Waals surface area contributed by atoms with E-state index in [1.54, 1.807) is 12.1 Å². The molecule has 0 aliphatic rings. The third-order valence-corrected chi connectivity index (χ3v) is 8.21. The molecule has 7 heteroatoms. The Labute approximate surface area is 255 Å². The lowest BCUT2D eigenvalue weighted by Gasteiger charge is -2.14. The molecule has 44 heavy (non-hydrogen) atoms. The zero-order valence-electron chi connectivity index (χ0n) is 25.6. The molecule has 0 saturated carbocycles. The second-order valence-corrected chi connectivity index (χ2v) is 11.6. The molecule has 4 aromatic carbocycles. The summed E-state index contributed by atoms with van der Waals surface area (Å²) in [7, 11) is 0. The predicted octanol–water partition coefficient (Wildman–Crippen LogP) is 11.9. The number of aryl methyl sites for hydroxylation is 4. The lowest BCUT2D eigenvalue weighted by Crippen LogP contribution is -2.16. The first kappa shape index (κ1) is 33.2. The van der Waals surface area contributed by atoms with Gasteiger partial charge >= 0.3 is 12.5 Å². The molecule has 0 aliphatic heterocycles. The normalized spacial score (nSPS) is 12.0. The van der Waals surface area contributed by atoms with Crippen molar-refractivity contribution < 1.29 is 31.1 Å². The molecule has 0 saturated heterocycles. The second-order valence-electron chi connectivity index (χ2n) is 11.6. The molecule has 0 radical (unpaired) electrons. The highest BCUT2D eigenvalue weighted by atomic mass is 19.4. The topological polar surface area (TPSA) is 9.23 Å². The van der Waals surface area contributed by atoms with E-state index >= 15 is 0 Å². The SMILES string of the molecule is Cc1cc(-c2ccc(OC(F)(F)F)cc2)cc(C)c1CCCCCCCc1c(C)cc(-c2ccc(C(F)(F)F)cc2)cc1C. The minimum absolute atomic E-state index is 0.230. The van der Waals surface area contributed by atoms with Crippen LogP contribution in [0.4, 0.5) is 26.3 Å². The van der Waals surface area contributed by atoms with Crippen molar-refractivity contribution in [1.82, 2.24) is 0 Å². The molecular formula is C37H38F6O. The molecule has 234 valence electrons. The van der Waals surface area contributed by atoms with E-state index in [1.165, 1.54) is 57.6 Å². The van der Waals surface area contributed by atoms with Crippen molar-refractivity contribution in [1.29, 1.82) is 0 Å². The molecule has 0 N–H and O–H groups in total. The maximum absolute atomic E-state index is 12.9. The zero-order valence-corrected chi connectivity index (χ0v) is 25.6. The molecule has 1 nitrogen and oxygen atoms in total. The van der Waals surface area contributed by atoms with Crippen molar-refractivity contribution in [2.45, 2.75) is 85.2 Å². The Bertz CT molecular complexity index is 1500. The van der Waals surface area contributed by atoms with Crippen molar-refractivity contribution in [2.24, 2.45) is 0 Å². The van der Waals surface area contributed by atoms with Gasteiger partial charge in [-0.05, 0) is 133 Å². The number of benzene rings is 4. The molecule has 0 fully saturated rings. The van der Waals surface area contributed by atoms with Crippen molar-refractivity contribution in [3.63, 3.8) is 0 Å². The van der Waals surface area contributed by atoms with Crippen LogP contribution in [-0.4, -0.2) is 6.36 Å². The van der Waals surface area contributed by atoms with Gasteiger partial charge in [-0.25, -0.2) is 0 Å². The lowest BCUT2D eigenvalue weighted by molar-refractivity contribution is -0.274. The summed E-state index contributed by atoms with van der Waals surface area (Å²) in [5, 5.41) is 0. The molecule has 0 bridgehead atoms. The van der Waals surface area contributed by atoms with Crippen LogP contribution in [0.1, 0.15) is 71.0 Å². The highest BCUT2D eigenvalue weighted by Gasteiger charge is 2.31. The van der Waals surface area contributed by atoms with Crippen molar-refractivity contribution in [3.05, 3.63) is 112 Å². The molecule has 0 atom stereocenters. The maximum atomic E-state index is 12.9. The highest BCUT2D eigenvalue weighted by Crippen LogP contribution is 2.33. The fraction of sp³-hybridized carbons (Fsp3) is 0.351. The molecule has 4 rings (SSSR count). The predicted molar refractivity (Wildman–Crippen MR) is 165 cm³/mol. The average molecular weight is 613 g/mol. The van der Waals surface area contributed by atoms with Gasteiger partial charge in [0.05, 0.1) is 5.56 Å². The van der Waals surface area contributed by atoms with Gasteiger partial charge in [-0.1, -0.05) is 67.8 Å². The largest absolute Gasteiger partial charge is 0.573 e. The number of rotatable bonds is 11. The minimum Gasteiger partial charge on any atom is -0.406 e. The van der Waals surface area contributed by atoms with E-state index in [2.05, 4.69) is 56.7 Å². The minimum atomic E-state index is -4.70. The smallest absolute Gasteiger partial charge is 0.406 e. The Morgan fingerprint density at radius 1 is 0.477 bits per heavy atom. The standard InChI is InChI=1S/C37H38F6O/c1-24-20-30(28-12-16-32(17-13-28)36(38,39)40)21-25(2)34(24)10-8-6-5-7-9-11-35-26(3)22-31(23-27(35)4)29-14-18-33(19-15-29)44-37(41,42)43/h12-23H,5-11H2,1-4H3. The van der Waals surface area contributed by atoms with E-state index in [-0.39, 0.29) is 5.75 Å². The summed E-state index contributed by atoms with van der Waals surface area (Å²) >= 11 is 0. The van der Waals surface area contributed by atoms with Crippen LogP contribution in [0.25, 0.3) is 22.3 Å². The molecule has 4 aromatic rings. The van der Waals surface area contributed by atoms with Crippen LogP contribution in [0.3, 0.4) is 0 Å². The monoisotopic (exact) mass is 612 g/mol. The van der Waals surface area contributed by atoms with Crippen LogP contribution in [-0.2, 0) is 19.0 Å². The second kappa shape index (κ2) is 13.9. The van der Waals surface area contributed by atoms with E-state index in [4.69, 9.17) is 0 Å². The Balaban J connectivity index is 1.24. The van der Waals surface area contributed by atoms with E-state index in [1.807, 2.05) is 0 Å². The summed E-state index contributed by atoms with van der Waals surface area (Å²) in [6, 6.07) is 19.6. The number of ether oxygens (including phenoxy) is 1. The Hall–Kier alpha value is -3.74. The van der Waals surface area contributed by atoms with Crippen LogP contribution >= 0.6 is 0 Å². The van der Waals surface area contributed by atoms with Crippen LogP contribution < -0.4 is 4.74 Å². The summed E-state index contributed by atoms with van der Waals surface area (Å²) in [6.45, 7) is 8.31. The third-order valence-electron chi connectivity index (χ3n) is 8.21. The average Bonchev–Trinajstić information content (AvgIpc) is 2.94. The van der Waals surface area contributed by atoms with Crippen LogP contribution in [0.2, 0.25) is 0 Å². The van der Waals surface area contributed by atoms with Crippen LogP contribution in [0.15, 0.2) is 72.8 Å². The van der Waals surface area contributed by atoms with Gasteiger partial charge in [0.1, 0.15) is 5.75 Å². The number of halogens is 6. The van der Waals surface area contributed by atoms with Gasteiger partial charge in [0, 0.05) is 0 Å². The molecule has 0 heterocycles. The zero-order chi connectivity index (χ0) is 32.1. The Morgan fingerprint density at radius 2 is 0.841 bits per heavy atom. The first-order valence-corrected chi connectivity index (χ1v) is 15.0. The highest BCUT2D eigenvalue weighted by molar-refractivity contribution is 5.68. The molecule has 0 amide bonds. The van der Waals surface area contributed by atoms with E-state index < -0.39 is 18.1 Å². The maximum Gasteiger partial charge on any atom is 0.573 e. The van der Waals surface area contributed by atoms with E-state index in [0.717, 1.165) is 79.3 Å². The number of alkyl halides is 6. The van der Waals surface area contributed by atoms with Crippen molar-refractivity contribution >= 4 is 0 Å². The quantitative estimate of drug-likeness (QED) is 0.121. The molecule has 0 spiro atoms. The molecule has 0 aromatic heterocycles. The molecular weight excluding hydrogens is 574 g/mol. The summed E-state index contributed by atoms with van der Waals surface area (Å²) in [5.41, 5.74) is 10.2. The van der Waals surface area contributed by atoms with E-state index in [0.29, 0.717) is 0 Å². The molecule has 0 aliphatic carbocycles. The van der Waals surface area contributed by atoms with Gasteiger partial charge in [0.25, 0.3) is 0 Å². The number of hydrogen-bond donors (Lipinski definition) is 0. The Kier molecular flexibility index (Phi) is 10.5. The van der Waals surface area contributed by atoms with E-state index in [9.17, 15) is 26.3 Å². The Morgan fingerprint density at radius 3 is 1.20 bits per heavy atom. The van der Waals surface area contributed by atoms with Gasteiger partial charge in [0.15, 0.2) is 0 Å². The van der Waals surface area contributed by atoms with Crippen molar-refractivity contribution in [2.75, 3.05) is 0 Å². The number of unbranched alkanes of at least 4 members (excludes halogenated alkanes) is 4.